The van der Waals surface area contributed by atoms with Gasteiger partial charge in [0.25, 0.3) is 0 Å². The predicted octanol–water partition coefficient (Wildman–Crippen LogP) is 6.72. The monoisotopic (exact) mass is 484 g/mol. The fraction of sp³-hybridized carbons (Fsp3) is 1.00. The SMILES string of the molecule is FC1CC(C2CCC(OCCCCCCOC3CCCCO3)CC2)CCC1OC1CCCCO1. The van der Waals surface area contributed by atoms with Crippen molar-refractivity contribution in [3.05, 3.63) is 0 Å². The molecule has 4 rings (SSSR count). The van der Waals surface area contributed by atoms with Crippen LogP contribution in [0.4, 0.5) is 4.39 Å². The Labute approximate surface area is 206 Å². The molecule has 0 radical (unpaired) electrons. The van der Waals surface area contributed by atoms with Gasteiger partial charge in [0.2, 0.25) is 0 Å². The van der Waals surface area contributed by atoms with Crippen molar-refractivity contribution in [2.24, 2.45) is 11.8 Å². The van der Waals surface area contributed by atoms with Gasteiger partial charge in [0.15, 0.2) is 12.6 Å². The maximum atomic E-state index is 14.9. The number of halogens is 1. The number of ether oxygens (including phenoxy) is 5. The molecule has 0 aromatic heterocycles. The van der Waals surface area contributed by atoms with E-state index in [1.54, 1.807) is 0 Å². The molecule has 34 heavy (non-hydrogen) atoms. The lowest BCUT2D eigenvalue weighted by atomic mass is 9.72. The van der Waals surface area contributed by atoms with Crippen molar-refractivity contribution in [3.8, 4) is 0 Å². The first kappa shape index (κ1) is 26.8. The number of alkyl halides is 1. The summed E-state index contributed by atoms with van der Waals surface area (Å²) in [4.78, 5) is 0. The van der Waals surface area contributed by atoms with E-state index in [2.05, 4.69) is 0 Å². The van der Waals surface area contributed by atoms with E-state index in [4.69, 9.17) is 23.7 Å². The molecule has 5 unspecified atom stereocenters. The summed E-state index contributed by atoms with van der Waals surface area (Å²) in [5.74, 6) is 1.18. The molecule has 6 heteroatoms. The molecule has 2 aliphatic carbocycles. The quantitative estimate of drug-likeness (QED) is 0.288. The molecule has 2 heterocycles. The summed E-state index contributed by atoms with van der Waals surface area (Å²) >= 11 is 0. The van der Waals surface area contributed by atoms with Crippen LogP contribution in [0.5, 0.6) is 0 Å². The minimum atomic E-state index is -0.834. The zero-order chi connectivity index (χ0) is 23.4. The van der Waals surface area contributed by atoms with E-state index in [9.17, 15) is 4.39 Å². The maximum Gasteiger partial charge on any atom is 0.158 e. The van der Waals surface area contributed by atoms with Crippen LogP contribution in [0.3, 0.4) is 0 Å². The minimum absolute atomic E-state index is 0.0440. The third-order valence-electron chi connectivity index (χ3n) is 8.44. The van der Waals surface area contributed by atoms with Gasteiger partial charge in [-0.3, -0.25) is 0 Å². The van der Waals surface area contributed by atoms with Gasteiger partial charge in [0, 0.05) is 26.4 Å². The van der Waals surface area contributed by atoms with Gasteiger partial charge >= 0.3 is 0 Å². The fourth-order valence-electron chi connectivity index (χ4n) is 6.30. The van der Waals surface area contributed by atoms with Crippen molar-refractivity contribution >= 4 is 0 Å². The van der Waals surface area contributed by atoms with Crippen molar-refractivity contribution in [2.75, 3.05) is 26.4 Å². The molecular formula is C28H49FO5. The Kier molecular flexibility index (Phi) is 11.9. The first-order chi connectivity index (χ1) is 16.8. The normalized spacial score (nSPS) is 37.5. The molecule has 0 spiro atoms. The summed E-state index contributed by atoms with van der Waals surface area (Å²) in [6, 6.07) is 0. The molecule has 0 aromatic carbocycles. The van der Waals surface area contributed by atoms with Gasteiger partial charge in [-0.2, -0.15) is 0 Å². The van der Waals surface area contributed by atoms with E-state index < -0.39 is 6.17 Å². The van der Waals surface area contributed by atoms with Crippen LogP contribution in [-0.2, 0) is 23.7 Å². The second kappa shape index (κ2) is 15.1. The lowest BCUT2D eigenvalue weighted by Crippen LogP contribution is -2.40. The molecule has 5 nitrogen and oxygen atoms in total. The Morgan fingerprint density at radius 3 is 1.91 bits per heavy atom. The van der Waals surface area contributed by atoms with Crippen LogP contribution >= 0.6 is 0 Å². The first-order valence-electron chi connectivity index (χ1n) is 14.5. The molecule has 0 amide bonds. The van der Waals surface area contributed by atoms with E-state index in [0.717, 1.165) is 90.6 Å². The Hall–Kier alpha value is -0.270. The maximum absolute atomic E-state index is 14.9. The topological polar surface area (TPSA) is 46.2 Å². The van der Waals surface area contributed by atoms with Crippen LogP contribution in [0.25, 0.3) is 0 Å². The zero-order valence-corrected chi connectivity index (χ0v) is 21.3. The molecule has 0 N–H and O–H groups in total. The van der Waals surface area contributed by atoms with Gasteiger partial charge in [-0.1, -0.05) is 12.8 Å². The minimum Gasteiger partial charge on any atom is -0.378 e. The molecule has 2 saturated carbocycles. The average Bonchev–Trinajstić information content (AvgIpc) is 2.88. The van der Waals surface area contributed by atoms with Gasteiger partial charge in [0.05, 0.1) is 12.2 Å². The molecule has 4 fully saturated rings. The Bertz CT molecular complexity index is 529. The molecule has 5 atom stereocenters. The summed E-state index contributed by atoms with van der Waals surface area (Å²) in [7, 11) is 0. The summed E-state index contributed by atoms with van der Waals surface area (Å²) in [6.07, 6.45) is 17.7. The Morgan fingerprint density at radius 1 is 0.618 bits per heavy atom. The largest absolute Gasteiger partial charge is 0.378 e. The van der Waals surface area contributed by atoms with Crippen LogP contribution in [0.1, 0.15) is 109 Å². The molecule has 4 aliphatic rings. The van der Waals surface area contributed by atoms with E-state index in [0.29, 0.717) is 24.4 Å². The van der Waals surface area contributed by atoms with Crippen molar-refractivity contribution in [3.63, 3.8) is 0 Å². The third-order valence-corrected chi connectivity index (χ3v) is 8.44. The van der Waals surface area contributed by atoms with Crippen LogP contribution < -0.4 is 0 Å². The second-order valence-electron chi connectivity index (χ2n) is 11.0. The summed E-state index contributed by atoms with van der Waals surface area (Å²) in [5, 5.41) is 0. The van der Waals surface area contributed by atoms with Crippen molar-refractivity contribution in [2.45, 2.75) is 140 Å². The van der Waals surface area contributed by atoms with E-state index in [1.165, 1.54) is 38.5 Å². The van der Waals surface area contributed by atoms with E-state index in [1.807, 2.05) is 0 Å². The number of hydrogen-bond acceptors (Lipinski definition) is 5. The highest BCUT2D eigenvalue weighted by Gasteiger charge is 2.37. The third kappa shape index (κ3) is 8.99. The van der Waals surface area contributed by atoms with E-state index in [-0.39, 0.29) is 18.7 Å². The van der Waals surface area contributed by atoms with Crippen molar-refractivity contribution < 1.29 is 28.1 Å². The van der Waals surface area contributed by atoms with E-state index >= 15 is 0 Å². The molecule has 0 aromatic rings. The number of rotatable bonds is 12. The zero-order valence-electron chi connectivity index (χ0n) is 21.3. The molecule has 2 saturated heterocycles. The molecular weight excluding hydrogens is 435 g/mol. The second-order valence-corrected chi connectivity index (χ2v) is 11.0. The highest BCUT2D eigenvalue weighted by molar-refractivity contribution is 4.87. The average molecular weight is 485 g/mol. The lowest BCUT2D eigenvalue weighted by molar-refractivity contribution is -0.208. The fourth-order valence-corrected chi connectivity index (χ4v) is 6.30. The van der Waals surface area contributed by atoms with Gasteiger partial charge in [-0.25, -0.2) is 4.39 Å². The Morgan fingerprint density at radius 2 is 1.26 bits per heavy atom. The predicted molar refractivity (Wildman–Crippen MR) is 130 cm³/mol. The summed E-state index contributed by atoms with van der Waals surface area (Å²) in [6.45, 7) is 3.30. The van der Waals surface area contributed by atoms with Crippen LogP contribution in [0.2, 0.25) is 0 Å². The van der Waals surface area contributed by atoms with Crippen LogP contribution in [0.15, 0.2) is 0 Å². The van der Waals surface area contributed by atoms with Crippen molar-refractivity contribution in [1.29, 1.82) is 0 Å². The van der Waals surface area contributed by atoms with Gasteiger partial charge < -0.3 is 23.7 Å². The number of unbranched alkanes of at least 4 members (excludes halogenated alkanes) is 3. The highest BCUT2D eigenvalue weighted by atomic mass is 19.1. The van der Waals surface area contributed by atoms with Gasteiger partial charge in [-0.15, -0.1) is 0 Å². The summed E-state index contributed by atoms with van der Waals surface area (Å²) < 4.78 is 44.1. The first-order valence-corrected chi connectivity index (χ1v) is 14.5. The molecule has 0 bridgehead atoms. The van der Waals surface area contributed by atoms with Gasteiger partial charge in [-0.05, 0) is 108 Å². The Balaban J connectivity index is 0.995. The van der Waals surface area contributed by atoms with Crippen LogP contribution in [-0.4, -0.2) is 57.4 Å². The molecule has 2 aliphatic heterocycles. The molecule has 198 valence electrons. The van der Waals surface area contributed by atoms with Crippen molar-refractivity contribution in [1.82, 2.24) is 0 Å². The smallest absolute Gasteiger partial charge is 0.158 e. The standard InChI is InChI=1S/C28H49FO5/c29-25-21-23(13-16-26(25)34-28-10-4-8-20-33-28)22-11-14-24(15-12-22)30-17-5-1-2-6-18-31-27-9-3-7-19-32-27/h22-28H,1-21H2. The summed E-state index contributed by atoms with van der Waals surface area (Å²) in [5.41, 5.74) is 0. The number of hydrogen-bond donors (Lipinski definition) is 0. The lowest BCUT2D eigenvalue weighted by Gasteiger charge is -2.40. The highest BCUT2D eigenvalue weighted by Crippen LogP contribution is 2.41. The van der Waals surface area contributed by atoms with Crippen LogP contribution in [0, 0.1) is 11.8 Å². The van der Waals surface area contributed by atoms with Gasteiger partial charge in [0.1, 0.15) is 6.17 Å².